The normalized spacial score (nSPS) is 14.9. The zero-order valence-electron chi connectivity index (χ0n) is 23.8. The van der Waals surface area contributed by atoms with E-state index < -0.39 is 0 Å². The Labute approximate surface area is 240 Å². The number of nitrogens with one attached hydrogen (secondary N) is 2. The fourth-order valence-corrected chi connectivity index (χ4v) is 5.92. The summed E-state index contributed by atoms with van der Waals surface area (Å²) in [7, 11) is 0. The second kappa shape index (κ2) is 11.7. The summed E-state index contributed by atoms with van der Waals surface area (Å²) < 4.78 is 14.8. The van der Waals surface area contributed by atoms with Crippen LogP contribution in [-0.4, -0.2) is 44.7 Å². The molecule has 0 unspecified atom stereocenters. The van der Waals surface area contributed by atoms with E-state index >= 15 is 0 Å². The van der Waals surface area contributed by atoms with Crippen LogP contribution in [0.15, 0.2) is 67.5 Å². The molecule has 3 aromatic heterocycles. The van der Waals surface area contributed by atoms with Gasteiger partial charge in [-0.05, 0) is 129 Å². The van der Waals surface area contributed by atoms with Gasteiger partial charge in [0, 0.05) is 28.5 Å². The molecule has 1 fully saturated rings. The van der Waals surface area contributed by atoms with Gasteiger partial charge < -0.3 is 9.88 Å². The predicted octanol–water partition coefficient (Wildman–Crippen LogP) is 6.39. The second-order valence-corrected chi connectivity index (χ2v) is 11.1. The van der Waals surface area contributed by atoms with E-state index in [9.17, 15) is 4.39 Å². The summed E-state index contributed by atoms with van der Waals surface area (Å²) in [4.78, 5) is 10.4. The quantitative estimate of drug-likeness (QED) is 0.238. The lowest BCUT2D eigenvalue weighted by molar-refractivity contribution is 0.334. The predicted molar refractivity (Wildman–Crippen MR) is 167 cm³/mol. The first-order valence-electron chi connectivity index (χ1n) is 14.5. The molecule has 0 aliphatic carbocycles. The SMILES string of the molecule is C=C(/C=c1/c(-c2cc3c(-c4cc(F)cc(CCCN5CCCC5)c4)cccc3[nH]2)n[nH]/c1=C/C)c1cncc(C)c1. The van der Waals surface area contributed by atoms with Crippen molar-refractivity contribution in [3.8, 4) is 22.5 Å². The summed E-state index contributed by atoms with van der Waals surface area (Å²) in [6, 6.07) is 15.8. The van der Waals surface area contributed by atoms with Gasteiger partial charge in [-0.3, -0.25) is 10.1 Å². The van der Waals surface area contributed by atoms with Crippen molar-refractivity contribution in [3.63, 3.8) is 0 Å². The minimum absolute atomic E-state index is 0.192. The summed E-state index contributed by atoms with van der Waals surface area (Å²) in [6.45, 7) is 11.8. The molecule has 0 radical (unpaired) electrons. The van der Waals surface area contributed by atoms with Crippen molar-refractivity contribution in [3.05, 3.63) is 101 Å². The Morgan fingerprint density at radius 1 is 1.10 bits per heavy atom. The molecule has 2 N–H and O–H groups in total. The summed E-state index contributed by atoms with van der Waals surface area (Å²) >= 11 is 0. The third kappa shape index (κ3) is 5.79. The second-order valence-electron chi connectivity index (χ2n) is 11.1. The first-order valence-corrected chi connectivity index (χ1v) is 14.5. The number of aromatic amines is 2. The first kappa shape index (κ1) is 26.9. The highest BCUT2D eigenvalue weighted by atomic mass is 19.1. The maximum Gasteiger partial charge on any atom is 0.124 e. The highest BCUT2D eigenvalue weighted by Crippen LogP contribution is 2.32. The van der Waals surface area contributed by atoms with E-state index in [4.69, 9.17) is 0 Å². The number of hydrogen-bond acceptors (Lipinski definition) is 3. The Hall–Kier alpha value is -4.29. The van der Waals surface area contributed by atoms with Crippen molar-refractivity contribution < 1.29 is 4.39 Å². The van der Waals surface area contributed by atoms with Gasteiger partial charge in [-0.2, -0.15) is 5.10 Å². The molecule has 0 bridgehead atoms. The number of H-pyrrole nitrogens is 2. The number of rotatable bonds is 8. The molecule has 4 heterocycles. The lowest BCUT2D eigenvalue weighted by Gasteiger charge is -2.14. The van der Waals surface area contributed by atoms with E-state index in [0.717, 1.165) is 85.6 Å². The number of hydrogen-bond donors (Lipinski definition) is 2. The van der Waals surface area contributed by atoms with Crippen LogP contribution in [0.25, 0.3) is 51.1 Å². The largest absolute Gasteiger partial charge is 0.353 e. The van der Waals surface area contributed by atoms with Crippen LogP contribution in [0.4, 0.5) is 4.39 Å². The number of benzene rings is 2. The van der Waals surface area contributed by atoms with Gasteiger partial charge in [0.25, 0.3) is 0 Å². The zero-order valence-corrected chi connectivity index (χ0v) is 23.8. The molecular formula is C35H36FN5. The van der Waals surface area contributed by atoms with Crippen LogP contribution in [-0.2, 0) is 6.42 Å². The van der Waals surface area contributed by atoms with Gasteiger partial charge in [0.15, 0.2) is 0 Å². The molecule has 2 aromatic carbocycles. The number of pyridine rings is 1. The molecule has 208 valence electrons. The van der Waals surface area contributed by atoms with E-state index in [0.29, 0.717) is 0 Å². The highest BCUT2D eigenvalue weighted by Gasteiger charge is 2.15. The summed E-state index contributed by atoms with van der Waals surface area (Å²) in [5, 5.41) is 10.8. The molecule has 5 aromatic rings. The Morgan fingerprint density at radius 2 is 1.95 bits per heavy atom. The van der Waals surface area contributed by atoms with Crippen LogP contribution in [0.5, 0.6) is 0 Å². The van der Waals surface area contributed by atoms with Crippen LogP contribution < -0.4 is 10.6 Å². The zero-order chi connectivity index (χ0) is 28.3. The molecule has 0 saturated carbocycles. The molecule has 1 saturated heterocycles. The van der Waals surface area contributed by atoms with Crippen LogP contribution in [0, 0.1) is 12.7 Å². The van der Waals surface area contributed by atoms with Crippen LogP contribution >= 0.6 is 0 Å². The van der Waals surface area contributed by atoms with Gasteiger partial charge in [-0.25, -0.2) is 4.39 Å². The Bertz CT molecular complexity index is 1840. The van der Waals surface area contributed by atoms with Crippen molar-refractivity contribution in [1.29, 1.82) is 0 Å². The van der Waals surface area contributed by atoms with E-state index in [1.54, 1.807) is 12.1 Å². The number of aryl methyl sites for hydroxylation is 2. The van der Waals surface area contributed by atoms with E-state index in [1.807, 2.05) is 38.4 Å². The lowest BCUT2D eigenvalue weighted by Crippen LogP contribution is -2.23. The van der Waals surface area contributed by atoms with Crippen LogP contribution in [0.3, 0.4) is 0 Å². The number of aromatic nitrogens is 4. The Morgan fingerprint density at radius 3 is 2.76 bits per heavy atom. The van der Waals surface area contributed by atoms with Crippen molar-refractivity contribution in [2.45, 2.75) is 39.5 Å². The standard InChI is InChI=1S/C35H36FN5/c1-4-32-31(16-24(3)27-15-23(2)21-37-22-27)35(40-39-32)34-20-30-29(10-7-11-33(30)38-34)26-17-25(18-28(36)19-26)9-8-14-41-12-5-6-13-41/h4,7,10-11,15-22,38-39H,3,5-6,8-9,12-14H2,1-2H3/b31-16+,32-4+. The Kier molecular flexibility index (Phi) is 7.66. The van der Waals surface area contributed by atoms with Gasteiger partial charge in [-0.1, -0.05) is 30.9 Å². The molecule has 6 heteroatoms. The lowest BCUT2D eigenvalue weighted by atomic mass is 9.98. The number of halogens is 1. The third-order valence-corrected chi connectivity index (χ3v) is 8.01. The van der Waals surface area contributed by atoms with Gasteiger partial charge in [-0.15, -0.1) is 0 Å². The highest BCUT2D eigenvalue weighted by molar-refractivity contribution is 5.98. The molecular weight excluding hydrogens is 509 g/mol. The van der Waals surface area contributed by atoms with Gasteiger partial charge in [0.05, 0.1) is 11.0 Å². The van der Waals surface area contributed by atoms with Crippen molar-refractivity contribution >= 4 is 28.6 Å². The van der Waals surface area contributed by atoms with Crippen molar-refractivity contribution in [1.82, 2.24) is 25.1 Å². The number of likely N-dealkylation sites (tertiary alicyclic amines) is 1. The maximum absolute atomic E-state index is 14.8. The van der Waals surface area contributed by atoms with Gasteiger partial charge >= 0.3 is 0 Å². The minimum Gasteiger partial charge on any atom is -0.353 e. The van der Waals surface area contributed by atoms with Gasteiger partial charge in [0.1, 0.15) is 11.5 Å². The fraction of sp³-hybridized carbons (Fsp3) is 0.257. The molecule has 6 rings (SSSR count). The molecule has 1 aliphatic rings. The number of nitrogens with zero attached hydrogens (tertiary/aromatic N) is 3. The van der Waals surface area contributed by atoms with E-state index in [1.165, 1.54) is 25.9 Å². The Balaban J connectivity index is 1.36. The smallest absolute Gasteiger partial charge is 0.124 e. The third-order valence-electron chi connectivity index (χ3n) is 8.01. The molecule has 41 heavy (non-hydrogen) atoms. The van der Waals surface area contributed by atoms with Crippen LogP contribution in [0.1, 0.15) is 42.9 Å². The van der Waals surface area contributed by atoms with Crippen LogP contribution in [0.2, 0.25) is 0 Å². The van der Waals surface area contributed by atoms with E-state index in [2.05, 4.69) is 68.1 Å². The average Bonchev–Trinajstić information content (AvgIpc) is 3.72. The summed E-state index contributed by atoms with van der Waals surface area (Å²) in [5.74, 6) is -0.192. The molecule has 0 amide bonds. The molecule has 5 nitrogen and oxygen atoms in total. The topological polar surface area (TPSA) is 60.6 Å². The molecule has 1 aliphatic heterocycles. The number of fused-ring (bicyclic) bond motifs is 1. The summed E-state index contributed by atoms with van der Waals surface area (Å²) in [5.41, 5.74) is 8.55. The molecule has 0 spiro atoms. The minimum atomic E-state index is -0.192. The maximum atomic E-state index is 14.8. The van der Waals surface area contributed by atoms with Crippen molar-refractivity contribution in [2.24, 2.45) is 0 Å². The van der Waals surface area contributed by atoms with Crippen molar-refractivity contribution in [2.75, 3.05) is 19.6 Å². The molecule has 0 atom stereocenters. The first-order chi connectivity index (χ1) is 20.0. The average molecular weight is 546 g/mol. The monoisotopic (exact) mass is 545 g/mol. The fourth-order valence-electron chi connectivity index (χ4n) is 5.92. The van der Waals surface area contributed by atoms with E-state index in [-0.39, 0.29) is 5.82 Å². The summed E-state index contributed by atoms with van der Waals surface area (Å²) in [6.07, 6.45) is 12.2. The van der Waals surface area contributed by atoms with Gasteiger partial charge in [0.2, 0.25) is 0 Å². The number of allylic oxidation sites excluding steroid dienone is 1.